The highest BCUT2D eigenvalue weighted by Gasteiger charge is 2.29. The number of amides is 1. The third kappa shape index (κ3) is 2.84. The average Bonchev–Trinajstić information content (AvgIpc) is 3.19. The van der Waals surface area contributed by atoms with E-state index in [1.807, 2.05) is 31.2 Å². The molecule has 17 heavy (non-hydrogen) atoms. The summed E-state index contributed by atoms with van der Waals surface area (Å²) in [5.41, 5.74) is 4.23. The third-order valence-electron chi connectivity index (χ3n) is 2.78. The first-order chi connectivity index (χ1) is 8.22. The molecule has 1 N–H and O–H groups in total. The smallest absolute Gasteiger partial charge is 0.243 e. The Balaban J connectivity index is 2.09. The number of nitrogens with zero attached hydrogens (tertiary/aromatic N) is 1. The van der Waals surface area contributed by atoms with E-state index in [-0.39, 0.29) is 11.8 Å². The van der Waals surface area contributed by atoms with Crippen LogP contribution in [0.3, 0.4) is 0 Å². The maximum Gasteiger partial charge on any atom is 0.243 e. The molecule has 4 heteroatoms. The van der Waals surface area contributed by atoms with E-state index in [1.165, 1.54) is 0 Å². The summed E-state index contributed by atoms with van der Waals surface area (Å²) in [6.07, 6.45) is 1.96. The Hall–Kier alpha value is -1.84. The molecule has 0 heterocycles. The lowest BCUT2D eigenvalue weighted by molar-refractivity contribution is -0.122. The molecule has 1 fully saturated rings. The summed E-state index contributed by atoms with van der Waals surface area (Å²) in [5, 5.41) is 4.10. The molecule has 2 rings (SSSR count). The van der Waals surface area contributed by atoms with Crippen molar-refractivity contribution in [1.29, 1.82) is 0 Å². The van der Waals surface area contributed by atoms with Gasteiger partial charge in [-0.25, -0.2) is 5.43 Å². The van der Waals surface area contributed by atoms with Gasteiger partial charge < -0.3 is 4.74 Å². The van der Waals surface area contributed by atoms with E-state index in [4.69, 9.17) is 4.74 Å². The first-order valence-electron chi connectivity index (χ1n) is 5.70. The summed E-state index contributed by atoms with van der Waals surface area (Å²) in [7, 11) is 1.62. The molecule has 0 saturated heterocycles. The van der Waals surface area contributed by atoms with Crippen LogP contribution in [-0.4, -0.2) is 18.7 Å². The highest BCUT2D eigenvalue weighted by atomic mass is 16.5. The minimum Gasteiger partial charge on any atom is -0.496 e. The minimum atomic E-state index is 0.0132. The maximum absolute atomic E-state index is 11.4. The SMILES string of the molecule is COc1ccccc1/C(C)=N/NC(=O)C1CC1. The lowest BCUT2D eigenvalue weighted by atomic mass is 10.1. The summed E-state index contributed by atoms with van der Waals surface area (Å²) in [6.45, 7) is 1.85. The van der Waals surface area contributed by atoms with E-state index >= 15 is 0 Å². The number of rotatable bonds is 4. The molecule has 0 spiro atoms. The largest absolute Gasteiger partial charge is 0.496 e. The molecule has 0 bridgehead atoms. The molecule has 1 saturated carbocycles. The Bertz CT molecular complexity index is 450. The average molecular weight is 232 g/mol. The quantitative estimate of drug-likeness (QED) is 0.637. The van der Waals surface area contributed by atoms with Gasteiger partial charge in [0.25, 0.3) is 0 Å². The molecular weight excluding hydrogens is 216 g/mol. The van der Waals surface area contributed by atoms with Crippen molar-refractivity contribution in [3.05, 3.63) is 29.8 Å². The summed E-state index contributed by atoms with van der Waals surface area (Å²) in [5.74, 6) is 0.942. The molecule has 1 amide bonds. The molecule has 90 valence electrons. The number of benzene rings is 1. The van der Waals surface area contributed by atoms with Crippen LogP contribution in [0.25, 0.3) is 0 Å². The molecule has 1 aromatic carbocycles. The minimum absolute atomic E-state index is 0.0132. The zero-order chi connectivity index (χ0) is 12.3. The van der Waals surface area contributed by atoms with Gasteiger partial charge in [-0.1, -0.05) is 12.1 Å². The van der Waals surface area contributed by atoms with E-state index < -0.39 is 0 Å². The molecule has 0 atom stereocenters. The molecule has 4 nitrogen and oxygen atoms in total. The van der Waals surface area contributed by atoms with Crippen molar-refractivity contribution in [2.45, 2.75) is 19.8 Å². The van der Waals surface area contributed by atoms with Crippen LogP contribution in [0.15, 0.2) is 29.4 Å². The van der Waals surface area contributed by atoms with Gasteiger partial charge in [-0.2, -0.15) is 5.10 Å². The van der Waals surface area contributed by atoms with Crippen molar-refractivity contribution >= 4 is 11.6 Å². The lowest BCUT2D eigenvalue weighted by Crippen LogP contribution is -2.20. The number of para-hydroxylation sites is 1. The van der Waals surface area contributed by atoms with Gasteiger partial charge in [-0.3, -0.25) is 4.79 Å². The molecule has 1 aromatic rings. The summed E-state index contributed by atoms with van der Waals surface area (Å²) in [4.78, 5) is 11.4. The van der Waals surface area contributed by atoms with Gasteiger partial charge in [0, 0.05) is 11.5 Å². The number of hydrogen-bond donors (Lipinski definition) is 1. The molecule has 0 unspecified atom stereocenters. The second-order valence-corrected chi connectivity index (χ2v) is 4.15. The number of nitrogens with one attached hydrogen (secondary N) is 1. The predicted molar refractivity (Wildman–Crippen MR) is 66.1 cm³/mol. The second kappa shape index (κ2) is 4.99. The standard InChI is InChI=1S/C13H16N2O2/c1-9(14-15-13(16)10-7-8-10)11-5-3-4-6-12(11)17-2/h3-6,10H,7-8H2,1-2H3,(H,15,16)/b14-9+. The van der Waals surface area contributed by atoms with Gasteiger partial charge in [0.15, 0.2) is 0 Å². The van der Waals surface area contributed by atoms with E-state index in [9.17, 15) is 4.79 Å². The fourth-order valence-electron chi connectivity index (χ4n) is 1.58. The van der Waals surface area contributed by atoms with Crippen LogP contribution < -0.4 is 10.2 Å². The third-order valence-corrected chi connectivity index (χ3v) is 2.78. The van der Waals surface area contributed by atoms with E-state index in [0.717, 1.165) is 29.9 Å². The summed E-state index contributed by atoms with van der Waals surface area (Å²) < 4.78 is 5.24. The van der Waals surface area contributed by atoms with Crippen molar-refractivity contribution in [1.82, 2.24) is 5.43 Å². The van der Waals surface area contributed by atoms with Crippen LogP contribution in [0, 0.1) is 5.92 Å². The van der Waals surface area contributed by atoms with Crippen LogP contribution in [-0.2, 0) is 4.79 Å². The van der Waals surface area contributed by atoms with Crippen molar-refractivity contribution in [3.8, 4) is 5.75 Å². The van der Waals surface area contributed by atoms with E-state index in [1.54, 1.807) is 7.11 Å². The highest BCUT2D eigenvalue weighted by Crippen LogP contribution is 2.28. The number of methoxy groups -OCH3 is 1. The number of hydrazone groups is 1. The zero-order valence-electron chi connectivity index (χ0n) is 10.1. The first-order valence-corrected chi connectivity index (χ1v) is 5.70. The van der Waals surface area contributed by atoms with Gasteiger partial charge >= 0.3 is 0 Å². The van der Waals surface area contributed by atoms with Crippen molar-refractivity contribution in [2.75, 3.05) is 7.11 Å². The molecule has 0 radical (unpaired) electrons. The van der Waals surface area contributed by atoms with Crippen LogP contribution in [0.5, 0.6) is 5.75 Å². The van der Waals surface area contributed by atoms with Crippen LogP contribution in [0.4, 0.5) is 0 Å². The lowest BCUT2D eigenvalue weighted by Gasteiger charge is -2.07. The zero-order valence-corrected chi connectivity index (χ0v) is 10.1. The first kappa shape index (κ1) is 11.6. The van der Waals surface area contributed by atoms with Gasteiger partial charge in [0.1, 0.15) is 5.75 Å². The number of hydrogen-bond acceptors (Lipinski definition) is 3. The highest BCUT2D eigenvalue weighted by molar-refractivity contribution is 6.01. The van der Waals surface area contributed by atoms with Crippen molar-refractivity contribution in [3.63, 3.8) is 0 Å². The molecule has 0 aliphatic heterocycles. The van der Waals surface area contributed by atoms with Crippen molar-refractivity contribution in [2.24, 2.45) is 11.0 Å². The molecule has 1 aliphatic carbocycles. The molecular formula is C13H16N2O2. The Labute approximate surface area is 101 Å². The Morgan fingerprint density at radius 1 is 1.41 bits per heavy atom. The number of carbonyl (C=O) groups excluding carboxylic acids is 1. The van der Waals surface area contributed by atoms with Crippen LogP contribution in [0.2, 0.25) is 0 Å². The van der Waals surface area contributed by atoms with Crippen LogP contribution >= 0.6 is 0 Å². The Morgan fingerprint density at radius 3 is 2.76 bits per heavy atom. The topological polar surface area (TPSA) is 50.7 Å². The number of carbonyl (C=O) groups is 1. The summed E-state index contributed by atoms with van der Waals surface area (Å²) in [6, 6.07) is 7.61. The normalized spacial score (nSPS) is 15.5. The van der Waals surface area contributed by atoms with E-state index in [2.05, 4.69) is 10.5 Å². The van der Waals surface area contributed by atoms with Gasteiger partial charge in [-0.15, -0.1) is 0 Å². The van der Waals surface area contributed by atoms with Gasteiger partial charge in [0.2, 0.25) is 5.91 Å². The van der Waals surface area contributed by atoms with Gasteiger partial charge in [-0.05, 0) is 31.9 Å². The monoisotopic (exact) mass is 232 g/mol. The fraction of sp³-hybridized carbons (Fsp3) is 0.385. The predicted octanol–water partition coefficient (Wildman–Crippen LogP) is 1.95. The van der Waals surface area contributed by atoms with Crippen LogP contribution in [0.1, 0.15) is 25.3 Å². The van der Waals surface area contributed by atoms with E-state index in [0.29, 0.717) is 0 Å². The number of ether oxygens (including phenoxy) is 1. The molecule has 1 aliphatic rings. The fourth-order valence-corrected chi connectivity index (χ4v) is 1.58. The maximum atomic E-state index is 11.4. The Kier molecular flexibility index (Phi) is 3.42. The van der Waals surface area contributed by atoms with Crippen molar-refractivity contribution < 1.29 is 9.53 Å². The molecule has 0 aromatic heterocycles. The summed E-state index contributed by atoms with van der Waals surface area (Å²) >= 11 is 0. The second-order valence-electron chi connectivity index (χ2n) is 4.15. The van der Waals surface area contributed by atoms with Gasteiger partial charge in [0.05, 0.1) is 12.8 Å². The Morgan fingerprint density at radius 2 is 2.12 bits per heavy atom.